The van der Waals surface area contributed by atoms with Gasteiger partial charge in [-0.1, -0.05) is 18.2 Å². The van der Waals surface area contributed by atoms with E-state index in [2.05, 4.69) is 0 Å². The lowest BCUT2D eigenvalue weighted by molar-refractivity contribution is -0.125. The van der Waals surface area contributed by atoms with Crippen LogP contribution in [0.25, 0.3) is 0 Å². The molecule has 31 heavy (non-hydrogen) atoms. The summed E-state index contributed by atoms with van der Waals surface area (Å²) in [7, 11) is 0.0328. The van der Waals surface area contributed by atoms with Crippen LogP contribution in [-0.4, -0.2) is 64.7 Å². The minimum Gasteiger partial charge on any atom is -0.497 e. The number of imide groups is 1. The molecule has 0 bridgehead atoms. The number of benzene rings is 2. The Labute approximate surface area is 181 Å². The number of hydrogen-bond acceptors (Lipinski definition) is 7. The Balaban J connectivity index is 2.00. The third-order valence-electron chi connectivity index (χ3n) is 5.01. The fourth-order valence-corrected chi connectivity index (χ4v) is 4.93. The van der Waals surface area contributed by atoms with E-state index in [1.54, 1.807) is 30.3 Å². The van der Waals surface area contributed by atoms with Gasteiger partial charge in [-0.2, -0.15) is 4.31 Å². The Kier molecular flexibility index (Phi) is 7.06. The molecule has 1 aliphatic heterocycles. The Hall–Kier alpha value is -2.79. The van der Waals surface area contributed by atoms with Crippen LogP contribution in [0, 0.1) is 0 Å². The fourth-order valence-electron chi connectivity index (χ4n) is 3.36. The molecule has 10 heteroatoms. The van der Waals surface area contributed by atoms with E-state index in [4.69, 9.17) is 14.2 Å². The molecule has 1 fully saturated rings. The minimum atomic E-state index is -4.17. The Morgan fingerprint density at radius 1 is 1.00 bits per heavy atom. The minimum absolute atomic E-state index is 0.0438. The molecule has 0 saturated carbocycles. The highest BCUT2D eigenvalue weighted by atomic mass is 32.2. The van der Waals surface area contributed by atoms with E-state index in [1.165, 1.54) is 45.6 Å². The first-order valence-corrected chi connectivity index (χ1v) is 10.9. The molecule has 2 aromatic carbocycles. The van der Waals surface area contributed by atoms with Crippen LogP contribution in [0.2, 0.25) is 0 Å². The standard InChI is InChI=1S/C21H24N2O7S/c1-28-16-9-11-17(12-10-16)31(26,27)22(14-20(29-2)30-3)18-13-19(24)23(21(18)25)15-7-5-4-6-8-15/h4-12,18,20H,13-14H2,1-3H3. The van der Waals surface area contributed by atoms with E-state index >= 15 is 0 Å². The summed E-state index contributed by atoms with van der Waals surface area (Å²) in [5.41, 5.74) is 0.386. The summed E-state index contributed by atoms with van der Waals surface area (Å²) in [5.74, 6) is -0.624. The molecule has 9 nitrogen and oxygen atoms in total. The predicted octanol–water partition coefficient (Wildman–Crippen LogP) is 1.64. The van der Waals surface area contributed by atoms with Gasteiger partial charge >= 0.3 is 0 Å². The zero-order chi connectivity index (χ0) is 22.6. The zero-order valence-corrected chi connectivity index (χ0v) is 18.2. The highest BCUT2D eigenvalue weighted by Gasteiger charge is 2.47. The van der Waals surface area contributed by atoms with E-state index in [-0.39, 0.29) is 17.9 Å². The van der Waals surface area contributed by atoms with Crippen LogP contribution >= 0.6 is 0 Å². The first-order valence-electron chi connectivity index (χ1n) is 9.46. The molecule has 166 valence electrons. The number of carbonyl (C=O) groups excluding carboxylic acids is 2. The van der Waals surface area contributed by atoms with Gasteiger partial charge < -0.3 is 14.2 Å². The molecular weight excluding hydrogens is 424 g/mol. The number of rotatable bonds is 9. The van der Waals surface area contributed by atoms with Crippen LogP contribution in [0.15, 0.2) is 59.5 Å². The second kappa shape index (κ2) is 9.56. The monoisotopic (exact) mass is 448 g/mol. The maximum Gasteiger partial charge on any atom is 0.252 e. The van der Waals surface area contributed by atoms with Gasteiger partial charge in [0.2, 0.25) is 15.9 Å². The van der Waals surface area contributed by atoms with E-state index in [0.717, 1.165) is 9.21 Å². The number of ether oxygens (including phenoxy) is 3. The maximum absolute atomic E-state index is 13.5. The SMILES string of the molecule is COc1ccc(S(=O)(=O)N(CC(OC)OC)C2CC(=O)N(c3ccccc3)C2=O)cc1. The summed E-state index contributed by atoms with van der Waals surface area (Å²) in [6.07, 6.45) is -1.22. The number of nitrogens with zero attached hydrogens (tertiary/aromatic N) is 2. The van der Waals surface area contributed by atoms with Crippen molar-refractivity contribution in [2.24, 2.45) is 0 Å². The van der Waals surface area contributed by atoms with Gasteiger partial charge in [0.25, 0.3) is 5.91 Å². The molecule has 1 atom stereocenters. The van der Waals surface area contributed by atoms with Crippen molar-refractivity contribution in [3.63, 3.8) is 0 Å². The highest BCUT2D eigenvalue weighted by Crippen LogP contribution is 2.30. The molecule has 2 amide bonds. The summed E-state index contributed by atoms with van der Waals surface area (Å²) in [6, 6.07) is 12.9. The van der Waals surface area contributed by atoms with Gasteiger partial charge in [-0.15, -0.1) is 0 Å². The maximum atomic E-state index is 13.5. The van der Waals surface area contributed by atoms with Crippen molar-refractivity contribution < 1.29 is 32.2 Å². The number of sulfonamides is 1. The summed E-state index contributed by atoms with van der Waals surface area (Å²) in [6.45, 7) is -0.270. The molecule has 1 aliphatic rings. The lowest BCUT2D eigenvalue weighted by atomic mass is 10.2. The van der Waals surface area contributed by atoms with Crippen molar-refractivity contribution >= 4 is 27.5 Å². The smallest absolute Gasteiger partial charge is 0.252 e. The third-order valence-corrected chi connectivity index (χ3v) is 6.89. The normalized spacial score (nSPS) is 17.1. The number of para-hydroxylation sites is 1. The Morgan fingerprint density at radius 2 is 1.61 bits per heavy atom. The Morgan fingerprint density at radius 3 is 2.16 bits per heavy atom. The summed E-state index contributed by atoms with van der Waals surface area (Å²) in [5, 5.41) is 0. The van der Waals surface area contributed by atoms with Gasteiger partial charge in [-0.05, 0) is 36.4 Å². The lowest BCUT2D eigenvalue weighted by Gasteiger charge is -2.29. The number of amides is 2. The molecule has 1 saturated heterocycles. The van der Waals surface area contributed by atoms with Crippen molar-refractivity contribution in [3.8, 4) is 5.75 Å². The summed E-state index contributed by atoms with van der Waals surface area (Å²) < 4.78 is 43.3. The van der Waals surface area contributed by atoms with Gasteiger partial charge in [0.05, 0.1) is 30.7 Å². The van der Waals surface area contributed by atoms with Crippen molar-refractivity contribution in [3.05, 3.63) is 54.6 Å². The molecule has 0 aromatic heterocycles. The number of anilines is 1. The van der Waals surface area contributed by atoms with Crippen LogP contribution in [0.4, 0.5) is 5.69 Å². The van der Waals surface area contributed by atoms with Gasteiger partial charge in [-0.3, -0.25) is 9.59 Å². The van der Waals surface area contributed by atoms with Crippen LogP contribution in [-0.2, 0) is 29.1 Å². The third kappa shape index (κ3) is 4.62. The van der Waals surface area contributed by atoms with Gasteiger partial charge in [0, 0.05) is 14.2 Å². The second-order valence-electron chi connectivity index (χ2n) is 6.77. The molecule has 0 aliphatic carbocycles. The average molecular weight is 448 g/mol. The average Bonchev–Trinajstić information content (AvgIpc) is 3.08. The van der Waals surface area contributed by atoms with Gasteiger partial charge in [0.15, 0.2) is 6.29 Å². The lowest BCUT2D eigenvalue weighted by Crippen LogP contribution is -2.49. The molecule has 0 radical (unpaired) electrons. The van der Waals surface area contributed by atoms with E-state index in [1.807, 2.05) is 0 Å². The molecule has 2 aromatic rings. The van der Waals surface area contributed by atoms with Crippen LogP contribution in [0.5, 0.6) is 5.75 Å². The van der Waals surface area contributed by atoms with Crippen LogP contribution in [0.1, 0.15) is 6.42 Å². The first-order chi connectivity index (χ1) is 14.8. The van der Waals surface area contributed by atoms with E-state index in [9.17, 15) is 18.0 Å². The van der Waals surface area contributed by atoms with Crippen molar-refractivity contribution in [2.45, 2.75) is 23.6 Å². The topological polar surface area (TPSA) is 102 Å². The van der Waals surface area contributed by atoms with E-state index in [0.29, 0.717) is 11.4 Å². The Bertz CT molecular complexity index is 1020. The van der Waals surface area contributed by atoms with Crippen molar-refractivity contribution in [1.29, 1.82) is 0 Å². The first kappa shape index (κ1) is 22.9. The largest absolute Gasteiger partial charge is 0.497 e. The number of hydrogen-bond donors (Lipinski definition) is 0. The molecule has 0 N–H and O–H groups in total. The highest BCUT2D eigenvalue weighted by molar-refractivity contribution is 7.89. The van der Waals surface area contributed by atoms with Crippen molar-refractivity contribution in [2.75, 3.05) is 32.8 Å². The summed E-state index contributed by atoms with van der Waals surface area (Å²) >= 11 is 0. The molecule has 0 spiro atoms. The molecule has 1 heterocycles. The van der Waals surface area contributed by atoms with Gasteiger partial charge in [0.1, 0.15) is 11.8 Å². The molecular formula is C21H24N2O7S. The molecule has 1 unspecified atom stereocenters. The fraction of sp³-hybridized carbons (Fsp3) is 0.333. The summed E-state index contributed by atoms with van der Waals surface area (Å²) in [4.78, 5) is 26.8. The van der Waals surface area contributed by atoms with E-state index < -0.39 is 34.2 Å². The van der Waals surface area contributed by atoms with Crippen molar-refractivity contribution in [1.82, 2.24) is 4.31 Å². The predicted molar refractivity (Wildman–Crippen MR) is 112 cm³/mol. The number of carbonyl (C=O) groups is 2. The number of methoxy groups -OCH3 is 3. The zero-order valence-electron chi connectivity index (χ0n) is 17.4. The van der Waals surface area contributed by atoms with Crippen LogP contribution in [0.3, 0.4) is 0 Å². The van der Waals surface area contributed by atoms with Gasteiger partial charge in [-0.25, -0.2) is 13.3 Å². The van der Waals surface area contributed by atoms with Crippen LogP contribution < -0.4 is 9.64 Å². The molecule has 3 rings (SSSR count). The quantitative estimate of drug-likeness (QED) is 0.424. The second-order valence-corrected chi connectivity index (χ2v) is 8.66.